The number of hydrogen-bond acceptors (Lipinski definition) is 2. The molecule has 4 heteroatoms. The van der Waals surface area contributed by atoms with Crippen molar-refractivity contribution in [2.45, 2.75) is 45.7 Å². The van der Waals surface area contributed by atoms with E-state index in [9.17, 15) is 4.79 Å². The van der Waals surface area contributed by atoms with Gasteiger partial charge in [0, 0.05) is 37.9 Å². The molecule has 0 saturated heterocycles. The maximum absolute atomic E-state index is 11.4. The molecular weight excluding hydrogens is 226 g/mol. The smallest absolute Gasteiger partial charge is 0.221 e. The molecular formula is C14H25N3O. The van der Waals surface area contributed by atoms with Crippen LogP contribution in [0.1, 0.15) is 44.7 Å². The summed E-state index contributed by atoms with van der Waals surface area (Å²) in [7, 11) is 1.99. The van der Waals surface area contributed by atoms with Gasteiger partial charge in [-0.1, -0.05) is 13.3 Å². The van der Waals surface area contributed by atoms with Crippen molar-refractivity contribution < 1.29 is 4.79 Å². The number of nitrogens with one attached hydrogen (secondary N) is 2. The second-order valence-electron chi connectivity index (χ2n) is 4.52. The van der Waals surface area contributed by atoms with Crippen molar-refractivity contribution in [3.8, 4) is 0 Å². The van der Waals surface area contributed by atoms with Crippen molar-refractivity contribution in [1.29, 1.82) is 0 Å². The number of amides is 1. The second-order valence-corrected chi connectivity index (χ2v) is 4.52. The van der Waals surface area contributed by atoms with Gasteiger partial charge in [-0.25, -0.2) is 0 Å². The number of aromatic nitrogens is 1. The Morgan fingerprint density at radius 3 is 2.83 bits per heavy atom. The van der Waals surface area contributed by atoms with Gasteiger partial charge in [0.2, 0.25) is 5.91 Å². The van der Waals surface area contributed by atoms with Crippen LogP contribution >= 0.6 is 0 Å². The first-order chi connectivity index (χ1) is 8.71. The number of hydrogen-bond donors (Lipinski definition) is 2. The molecule has 0 aliphatic rings. The molecule has 2 N–H and O–H groups in total. The van der Waals surface area contributed by atoms with Crippen molar-refractivity contribution in [1.82, 2.24) is 15.2 Å². The van der Waals surface area contributed by atoms with Crippen LogP contribution in [0.4, 0.5) is 0 Å². The lowest BCUT2D eigenvalue weighted by atomic mass is 10.1. The van der Waals surface area contributed by atoms with Crippen LogP contribution in [0.2, 0.25) is 0 Å². The fraction of sp³-hybridized carbons (Fsp3) is 0.643. The van der Waals surface area contributed by atoms with Gasteiger partial charge in [0.25, 0.3) is 0 Å². The molecule has 0 aromatic carbocycles. The monoisotopic (exact) mass is 251 g/mol. The van der Waals surface area contributed by atoms with E-state index in [1.807, 2.05) is 14.0 Å². The highest BCUT2D eigenvalue weighted by molar-refractivity contribution is 5.75. The molecule has 102 valence electrons. The summed E-state index contributed by atoms with van der Waals surface area (Å²) in [4.78, 5) is 11.4. The van der Waals surface area contributed by atoms with Crippen molar-refractivity contribution in [3.63, 3.8) is 0 Å². The van der Waals surface area contributed by atoms with Crippen molar-refractivity contribution in [3.05, 3.63) is 24.0 Å². The first-order valence-electron chi connectivity index (χ1n) is 6.80. The first-order valence-corrected chi connectivity index (χ1v) is 6.80. The molecule has 18 heavy (non-hydrogen) atoms. The summed E-state index contributed by atoms with van der Waals surface area (Å²) in [6.07, 6.45) is 7.02. The first kappa shape index (κ1) is 14.8. The van der Waals surface area contributed by atoms with Crippen LogP contribution in [0, 0.1) is 0 Å². The summed E-state index contributed by atoms with van der Waals surface area (Å²) in [5.74, 6) is 0.117. The lowest BCUT2D eigenvalue weighted by molar-refractivity contribution is -0.121. The molecule has 1 aromatic rings. The molecule has 0 fully saturated rings. The summed E-state index contributed by atoms with van der Waals surface area (Å²) >= 11 is 0. The number of aryl methyl sites for hydroxylation is 1. The van der Waals surface area contributed by atoms with E-state index in [-0.39, 0.29) is 5.91 Å². The number of carbonyl (C=O) groups excluding carboxylic acids is 1. The molecule has 1 rings (SSSR count). The third kappa shape index (κ3) is 4.53. The van der Waals surface area contributed by atoms with E-state index in [2.05, 4.69) is 40.6 Å². The Morgan fingerprint density at radius 1 is 1.44 bits per heavy atom. The summed E-state index contributed by atoms with van der Waals surface area (Å²) in [5, 5.41) is 6.14. The summed E-state index contributed by atoms with van der Waals surface area (Å²) in [5.41, 5.74) is 1.30. The van der Waals surface area contributed by atoms with Gasteiger partial charge in [-0.15, -0.1) is 0 Å². The topological polar surface area (TPSA) is 46.1 Å². The van der Waals surface area contributed by atoms with Gasteiger partial charge in [0.15, 0.2) is 0 Å². The zero-order valence-electron chi connectivity index (χ0n) is 11.7. The molecule has 1 atom stereocenters. The Hall–Kier alpha value is -1.29. The van der Waals surface area contributed by atoms with Crippen LogP contribution < -0.4 is 10.6 Å². The van der Waals surface area contributed by atoms with Gasteiger partial charge < -0.3 is 15.2 Å². The van der Waals surface area contributed by atoms with Crippen LogP contribution in [0.5, 0.6) is 0 Å². The van der Waals surface area contributed by atoms with Crippen LogP contribution in [0.3, 0.4) is 0 Å². The largest absolute Gasteiger partial charge is 0.356 e. The standard InChI is InChI=1S/C14H25N3O/c1-4-6-13(15-3)12-7-9-17(11-12)10-8-14(18)16-5-2/h7,9,11,13,15H,4-6,8,10H2,1-3H3,(H,16,18). The van der Waals surface area contributed by atoms with Crippen molar-refractivity contribution >= 4 is 5.91 Å². The average Bonchev–Trinajstić information content (AvgIpc) is 2.82. The minimum absolute atomic E-state index is 0.117. The predicted molar refractivity (Wildman–Crippen MR) is 74.4 cm³/mol. The Kier molecular flexibility index (Phi) is 6.50. The highest BCUT2D eigenvalue weighted by atomic mass is 16.1. The van der Waals surface area contributed by atoms with Gasteiger partial charge in [0.1, 0.15) is 0 Å². The maximum Gasteiger partial charge on any atom is 0.221 e. The average molecular weight is 251 g/mol. The van der Waals surface area contributed by atoms with Crippen LogP contribution in [0.15, 0.2) is 18.5 Å². The molecule has 0 spiro atoms. The number of rotatable bonds is 8. The Labute approximate surface area is 110 Å². The summed E-state index contributed by atoms with van der Waals surface area (Å²) in [6.45, 7) is 5.58. The zero-order valence-corrected chi connectivity index (χ0v) is 11.7. The molecule has 1 heterocycles. The van der Waals surface area contributed by atoms with E-state index >= 15 is 0 Å². The van der Waals surface area contributed by atoms with E-state index in [4.69, 9.17) is 0 Å². The molecule has 0 saturated carbocycles. The van der Waals surface area contributed by atoms with Gasteiger partial charge in [-0.05, 0) is 32.0 Å². The van der Waals surface area contributed by atoms with E-state index in [0.29, 0.717) is 19.0 Å². The van der Waals surface area contributed by atoms with E-state index < -0.39 is 0 Å². The zero-order chi connectivity index (χ0) is 13.4. The van der Waals surface area contributed by atoms with Crippen LogP contribution in [-0.2, 0) is 11.3 Å². The SMILES string of the molecule is CCCC(NC)c1ccn(CCC(=O)NCC)c1. The highest BCUT2D eigenvalue weighted by Crippen LogP contribution is 2.18. The van der Waals surface area contributed by atoms with Crippen molar-refractivity contribution in [2.24, 2.45) is 0 Å². The Balaban J connectivity index is 2.49. The summed E-state index contributed by atoms with van der Waals surface area (Å²) in [6, 6.07) is 2.55. The minimum Gasteiger partial charge on any atom is -0.356 e. The normalized spacial score (nSPS) is 12.4. The molecule has 0 aliphatic carbocycles. The lowest BCUT2D eigenvalue weighted by Gasteiger charge is -2.13. The van der Waals surface area contributed by atoms with Crippen LogP contribution in [0.25, 0.3) is 0 Å². The molecule has 0 radical (unpaired) electrons. The third-order valence-electron chi connectivity index (χ3n) is 3.07. The maximum atomic E-state index is 11.4. The van der Waals surface area contributed by atoms with Gasteiger partial charge >= 0.3 is 0 Å². The fourth-order valence-electron chi connectivity index (χ4n) is 2.09. The predicted octanol–water partition coefficient (Wildman–Crippen LogP) is 2.07. The minimum atomic E-state index is 0.117. The second kappa shape index (κ2) is 7.93. The number of nitrogens with zero attached hydrogens (tertiary/aromatic N) is 1. The molecule has 1 unspecified atom stereocenters. The molecule has 0 bridgehead atoms. The molecule has 1 amide bonds. The van der Waals surface area contributed by atoms with Gasteiger partial charge in [0.05, 0.1) is 0 Å². The van der Waals surface area contributed by atoms with Gasteiger partial charge in [-0.2, -0.15) is 0 Å². The Morgan fingerprint density at radius 2 is 2.22 bits per heavy atom. The third-order valence-corrected chi connectivity index (χ3v) is 3.07. The molecule has 4 nitrogen and oxygen atoms in total. The molecule has 1 aromatic heterocycles. The quantitative estimate of drug-likeness (QED) is 0.743. The lowest BCUT2D eigenvalue weighted by Crippen LogP contribution is -2.23. The summed E-state index contributed by atoms with van der Waals surface area (Å²) < 4.78 is 2.09. The van der Waals surface area contributed by atoms with E-state index in [1.54, 1.807) is 0 Å². The molecule has 0 aliphatic heterocycles. The van der Waals surface area contributed by atoms with Gasteiger partial charge in [-0.3, -0.25) is 4.79 Å². The highest BCUT2D eigenvalue weighted by Gasteiger charge is 2.09. The Bertz CT molecular complexity index is 360. The van der Waals surface area contributed by atoms with Crippen molar-refractivity contribution in [2.75, 3.05) is 13.6 Å². The fourth-order valence-corrected chi connectivity index (χ4v) is 2.09. The van der Waals surface area contributed by atoms with E-state index in [0.717, 1.165) is 19.4 Å². The van der Waals surface area contributed by atoms with E-state index in [1.165, 1.54) is 5.56 Å². The van der Waals surface area contributed by atoms with Crippen LogP contribution in [-0.4, -0.2) is 24.1 Å². The number of carbonyl (C=O) groups is 1.